The molecule has 0 aromatic heterocycles. The van der Waals surface area contributed by atoms with Gasteiger partial charge in [0, 0.05) is 13.5 Å². The number of amides is 1. The third kappa shape index (κ3) is 2.36. The number of carbonyl (C=O) groups excluding carboxylic acids is 1. The largest absolute Gasteiger partial charge is 0.480 e. The molecule has 1 aromatic carbocycles. The maximum Gasteiger partial charge on any atom is 0.329 e. The fourth-order valence-electron chi connectivity index (χ4n) is 2.21. The molecule has 5 nitrogen and oxygen atoms in total. The number of carboxylic acids is 1. The maximum absolute atomic E-state index is 11.5. The van der Waals surface area contributed by atoms with Crippen LogP contribution in [-0.4, -0.2) is 41.1 Å². The summed E-state index contributed by atoms with van der Waals surface area (Å²) in [4.78, 5) is 24.2. The number of carbonyl (C=O) groups is 2. The number of rotatable bonds is 2. The van der Waals surface area contributed by atoms with Gasteiger partial charge in [0.2, 0.25) is 5.91 Å². The van der Waals surface area contributed by atoms with E-state index in [0.29, 0.717) is 13.2 Å². The minimum absolute atomic E-state index is 0.244. The van der Waals surface area contributed by atoms with Gasteiger partial charge in [-0.3, -0.25) is 4.79 Å². The second-order valence-corrected chi connectivity index (χ2v) is 4.20. The Hall–Kier alpha value is -1.88. The van der Waals surface area contributed by atoms with E-state index < -0.39 is 18.1 Å². The first-order valence-electron chi connectivity index (χ1n) is 5.78. The van der Waals surface area contributed by atoms with Gasteiger partial charge in [-0.25, -0.2) is 4.79 Å². The molecule has 96 valence electrons. The van der Waals surface area contributed by atoms with Crippen LogP contribution in [0.15, 0.2) is 30.3 Å². The van der Waals surface area contributed by atoms with Crippen molar-refractivity contribution in [2.75, 3.05) is 13.2 Å². The molecule has 0 radical (unpaired) electrons. The first kappa shape index (κ1) is 12.6. The molecule has 1 heterocycles. The molecule has 2 atom stereocenters. The third-order valence-corrected chi connectivity index (χ3v) is 3.04. The van der Waals surface area contributed by atoms with Gasteiger partial charge in [0.15, 0.2) is 6.04 Å². The van der Waals surface area contributed by atoms with Gasteiger partial charge in [0.1, 0.15) is 6.10 Å². The minimum atomic E-state index is -1.04. The summed E-state index contributed by atoms with van der Waals surface area (Å²) in [5.41, 5.74) is 0.774. The quantitative estimate of drug-likeness (QED) is 0.851. The lowest BCUT2D eigenvalue weighted by molar-refractivity contribution is -0.165. The van der Waals surface area contributed by atoms with Crippen LogP contribution < -0.4 is 0 Å². The van der Waals surface area contributed by atoms with E-state index in [1.54, 1.807) is 0 Å². The van der Waals surface area contributed by atoms with E-state index in [9.17, 15) is 14.7 Å². The van der Waals surface area contributed by atoms with Crippen molar-refractivity contribution in [1.29, 1.82) is 0 Å². The number of hydrogen-bond donors (Lipinski definition) is 1. The summed E-state index contributed by atoms with van der Waals surface area (Å²) in [5, 5.41) is 9.32. The van der Waals surface area contributed by atoms with Gasteiger partial charge in [-0.05, 0) is 5.56 Å². The average Bonchev–Trinajstić information content (AvgIpc) is 2.38. The lowest BCUT2D eigenvalue weighted by Crippen LogP contribution is -2.53. The molecule has 18 heavy (non-hydrogen) atoms. The molecule has 2 unspecified atom stereocenters. The van der Waals surface area contributed by atoms with Gasteiger partial charge in [-0.2, -0.15) is 0 Å². The first-order valence-corrected chi connectivity index (χ1v) is 5.78. The Morgan fingerprint density at radius 2 is 2.00 bits per heavy atom. The molecule has 1 aliphatic heterocycles. The smallest absolute Gasteiger partial charge is 0.329 e. The molecule has 1 fully saturated rings. The van der Waals surface area contributed by atoms with Crippen molar-refractivity contribution in [3.05, 3.63) is 35.9 Å². The summed E-state index contributed by atoms with van der Waals surface area (Å²) in [7, 11) is 0. The first-order chi connectivity index (χ1) is 8.61. The van der Waals surface area contributed by atoms with Crippen molar-refractivity contribution in [3.8, 4) is 0 Å². The number of aliphatic carboxylic acids is 1. The predicted molar refractivity (Wildman–Crippen MR) is 63.9 cm³/mol. The Kier molecular flexibility index (Phi) is 3.62. The Bertz CT molecular complexity index is 446. The standard InChI is InChI=1S/C13H15NO4/c1-9(15)14-7-8-18-12(11(14)13(16)17)10-5-3-2-4-6-10/h2-6,11-12H,7-8H2,1H3,(H,16,17). The van der Waals surface area contributed by atoms with Crippen LogP contribution in [0.4, 0.5) is 0 Å². The van der Waals surface area contributed by atoms with Crippen molar-refractivity contribution >= 4 is 11.9 Å². The zero-order valence-corrected chi connectivity index (χ0v) is 10.1. The Labute approximate surface area is 105 Å². The van der Waals surface area contributed by atoms with E-state index in [1.807, 2.05) is 30.3 Å². The highest BCUT2D eigenvalue weighted by atomic mass is 16.5. The number of hydrogen-bond acceptors (Lipinski definition) is 3. The van der Waals surface area contributed by atoms with E-state index in [-0.39, 0.29) is 5.91 Å². The van der Waals surface area contributed by atoms with Crippen molar-refractivity contribution in [3.63, 3.8) is 0 Å². The molecular weight excluding hydrogens is 234 g/mol. The summed E-state index contributed by atoms with van der Waals surface area (Å²) >= 11 is 0. The van der Waals surface area contributed by atoms with Gasteiger partial charge < -0.3 is 14.7 Å². The summed E-state index contributed by atoms with van der Waals surface area (Å²) in [6.45, 7) is 2.04. The van der Waals surface area contributed by atoms with E-state index in [0.717, 1.165) is 5.56 Å². The molecule has 5 heteroatoms. The summed E-state index contributed by atoms with van der Waals surface area (Å²) in [6.07, 6.45) is -0.610. The molecule has 1 saturated heterocycles. The molecule has 1 aromatic rings. The molecule has 1 aliphatic rings. The SMILES string of the molecule is CC(=O)N1CCOC(c2ccccc2)C1C(=O)O. The van der Waals surface area contributed by atoms with Gasteiger partial charge in [0.05, 0.1) is 6.61 Å². The molecular formula is C13H15NO4. The summed E-state index contributed by atoms with van der Waals surface area (Å²) < 4.78 is 5.54. The van der Waals surface area contributed by atoms with Crippen LogP contribution in [0.2, 0.25) is 0 Å². The minimum Gasteiger partial charge on any atom is -0.480 e. The van der Waals surface area contributed by atoms with Crippen molar-refractivity contribution in [1.82, 2.24) is 4.90 Å². The normalized spacial score (nSPS) is 23.7. The van der Waals surface area contributed by atoms with Crippen LogP contribution in [0.3, 0.4) is 0 Å². The van der Waals surface area contributed by atoms with Gasteiger partial charge in [-0.15, -0.1) is 0 Å². The number of carboxylic acid groups (broad SMARTS) is 1. The van der Waals surface area contributed by atoms with Crippen LogP contribution in [0.5, 0.6) is 0 Å². The van der Waals surface area contributed by atoms with E-state index in [2.05, 4.69) is 0 Å². The number of morpholine rings is 1. The van der Waals surface area contributed by atoms with Crippen molar-refractivity contribution < 1.29 is 19.4 Å². The second-order valence-electron chi connectivity index (χ2n) is 4.20. The molecule has 1 N–H and O–H groups in total. The van der Waals surface area contributed by atoms with Gasteiger partial charge >= 0.3 is 5.97 Å². The average molecular weight is 249 g/mol. The lowest BCUT2D eigenvalue weighted by atomic mass is 9.99. The van der Waals surface area contributed by atoms with Crippen molar-refractivity contribution in [2.45, 2.75) is 19.1 Å². The highest BCUT2D eigenvalue weighted by Gasteiger charge is 2.39. The number of ether oxygens (including phenoxy) is 1. The maximum atomic E-state index is 11.5. The van der Waals surface area contributed by atoms with Gasteiger partial charge in [0.25, 0.3) is 0 Å². The highest BCUT2D eigenvalue weighted by Crippen LogP contribution is 2.28. The van der Waals surface area contributed by atoms with Crippen LogP contribution in [0.1, 0.15) is 18.6 Å². The lowest BCUT2D eigenvalue weighted by Gasteiger charge is -2.38. The molecule has 0 spiro atoms. The zero-order valence-electron chi connectivity index (χ0n) is 10.1. The van der Waals surface area contributed by atoms with E-state index in [1.165, 1.54) is 11.8 Å². The van der Waals surface area contributed by atoms with Crippen molar-refractivity contribution in [2.24, 2.45) is 0 Å². The Balaban J connectivity index is 2.33. The highest BCUT2D eigenvalue weighted by molar-refractivity contribution is 5.83. The fourth-order valence-corrected chi connectivity index (χ4v) is 2.21. The second kappa shape index (κ2) is 5.18. The van der Waals surface area contributed by atoms with E-state index >= 15 is 0 Å². The fraction of sp³-hybridized carbons (Fsp3) is 0.385. The Morgan fingerprint density at radius 3 is 2.56 bits per heavy atom. The monoisotopic (exact) mass is 249 g/mol. The topological polar surface area (TPSA) is 66.8 Å². The molecule has 1 amide bonds. The molecule has 0 saturated carbocycles. The molecule has 0 aliphatic carbocycles. The molecule has 2 rings (SSSR count). The van der Waals surface area contributed by atoms with Gasteiger partial charge in [-0.1, -0.05) is 30.3 Å². The van der Waals surface area contributed by atoms with E-state index in [4.69, 9.17) is 4.74 Å². The number of benzene rings is 1. The predicted octanol–water partition coefficient (Wildman–Crippen LogP) is 1.06. The van der Waals surface area contributed by atoms with Crippen LogP contribution in [0, 0.1) is 0 Å². The van der Waals surface area contributed by atoms with Crippen LogP contribution >= 0.6 is 0 Å². The van der Waals surface area contributed by atoms with Crippen LogP contribution in [0.25, 0.3) is 0 Å². The zero-order chi connectivity index (χ0) is 13.1. The number of nitrogens with zero attached hydrogens (tertiary/aromatic N) is 1. The summed E-state index contributed by atoms with van der Waals surface area (Å²) in [5.74, 6) is -1.29. The third-order valence-electron chi connectivity index (χ3n) is 3.04. The summed E-state index contributed by atoms with van der Waals surface area (Å²) in [6, 6.07) is 8.16. The van der Waals surface area contributed by atoms with Crippen LogP contribution in [-0.2, 0) is 14.3 Å². The Morgan fingerprint density at radius 1 is 1.33 bits per heavy atom. The molecule has 0 bridgehead atoms.